The average molecular weight is 277 g/mol. The van der Waals surface area contributed by atoms with Gasteiger partial charge in [0.05, 0.1) is 12.7 Å². The quantitative estimate of drug-likeness (QED) is 0.889. The van der Waals surface area contributed by atoms with Gasteiger partial charge in [-0.05, 0) is 62.4 Å². The van der Waals surface area contributed by atoms with Crippen LogP contribution in [-0.4, -0.2) is 25.3 Å². The maximum absolute atomic E-state index is 11.1. The van der Waals surface area contributed by atoms with Gasteiger partial charge in [-0.1, -0.05) is 19.9 Å². The molecule has 20 heavy (non-hydrogen) atoms. The first-order valence-electron chi connectivity index (χ1n) is 7.58. The van der Waals surface area contributed by atoms with E-state index in [1.165, 1.54) is 5.56 Å². The molecule has 0 radical (unpaired) electrons. The predicted molar refractivity (Wildman–Crippen MR) is 82.2 cm³/mol. The maximum atomic E-state index is 11.1. The van der Waals surface area contributed by atoms with Crippen molar-refractivity contribution in [2.24, 2.45) is 5.92 Å². The summed E-state index contributed by atoms with van der Waals surface area (Å²) < 4.78 is 5.48. The van der Waals surface area contributed by atoms with Crippen LogP contribution in [-0.2, 0) is 5.60 Å². The van der Waals surface area contributed by atoms with Gasteiger partial charge < -0.3 is 15.2 Å². The molecule has 1 atom stereocenters. The number of nitrogens with one attached hydrogen (secondary N) is 1. The van der Waals surface area contributed by atoms with Crippen LogP contribution >= 0.6 is 0 Å². The Balaban J connectivity index is 2.39. The largest absolute Gasteiger partial charge is 0.496 e. The summed E-state index contributed by atoms with van der Waals surface area (Å²) >= 11 is 0. The molecule has 112 valence electrons. The fraction of sp³-hybridized carbons (Fsp3) is 0.647. The Hall–Kier alpha value is -1.06. The van der Waals surface area contributed by atoms with E-state index >= 15 is 0 Å². The molecule has 0 amide bonds. The molecule has 1 unspecified atom stereocenters. The molecule has 1 heterocycles. The second-order valence-corrected chi connectivity index (χ2v) is 6.29. The maximum Gasteiger partial charge on any atom is 0.124 e. The van der Waals surface area contributed by atoms with Crippen molar-refractivity contribution < 1.29 is 9.84 Å². The molecule has 3 nitrogen and oxygen atoms in total. The standard InChI is InChI=1S/C17H27NO2/c1-12(2)13-5-6-16(20-4)15(11-13)17(3,19)14-7-9-18-10-8-14/h5-6,11-12,14,18-19H,7-10H2,1-4H3. The minimum Gasteiger partial charge on any atom is -0.496 e. The molecular formula is C17H27NO2. The van der Waals surface area contributed by atoms with Crippen molar-refractivity contribution in [2.75, 3.05) is 20.2 Å². The zero-order valence-electron chi connectivity index (χ0n) is 13.1. The summed E-state index contributed by atoms with van der Waals surface area (Å²) in [5, 5.41) is 14.5. The number of ether oxygens (including phenoxy) is 1. The normalized spacial score (nSPS) is 19.9. The topological polar surface area (TPSA) is 41.5 Å². The highest BCUT2D eigenvalue weighted by molar-refractivity contribution is 5.42. The molecule has 1 saturated heterocycles. The molecule has 1 aliphatic rings. The van der Waals surface area contributed by atoms with Gasteiger partial charge in [0.25, 0.3) is 0 Å². The smallest absolute Gasteiger partial charge is 0.124 e. The third-order valence-electron chi connectivity index (χ3n) is 4.57. The highest BCUT2D eigenvalue weighted by atomic mass is 16.5. The van der Waals surface area contributed by atoms with Crippen LogP contribution in [0.25, 0.3) is 0 Å². The van der Waals surface area contributed by atoms with Crippen molar-refractivity contribution in [2.45, 2.75) is 45.1 Å². The van der Waals surface area contributed by atoms with E-state index in [9.17, 15) is 5.11 Å². The summed E-state index contributed by atoms with van der Waals surface area (Å²) in [5.74, 6) is 1.52. The summed E-state index contributed by atoms with van der Waals surface area (Å²) in [6, 6.07) is 6.19. The highest BCUT2D eigenvalue weighted by Crippen LogP contribution is 2.40. The van der Waals surface area contributed by atoms with Crippen LogP contribution in [0.1, 0.15) is 50.7 Å². The molecule has 2 rings (SSSR count). The second kappa shape index (κ2) is 6.15. The molecular weight excluding hydrogens is 250 g/mol. The van der Waals surface area contributed by atoms with Crippen LogP contribution in [0, 0.1) is 5.92 Å². The number of hydrogen-bond donors (Lipinski definition) is 2. The summed E-state index contributed by atoms with van der Waals surface area (Å²) in [7, 11) is 1.67. The summed E-state index contributed by atoms with van der Waals surface area (Å²) in [6.45, 7) is 8.24. The van der Waals surface area contributed by atoms with Crippen molar-refractivity contribution in [3.05, 3.63) is 29.3 Å². The lowest BCUT2D eigenvalue weighted by atomic mass is 9.76. The van der Waals surface area contributed by atoms with E-state index < -0.39 is 5.60 Å². The molecule has 1 fully saturated rings. The van der Waals surface area contributed by atoms with E-state index in [0.717, 1.165) is 37.2 Å². The van der Waals surface area contributed by atoms with E-state index in [4.69, 9.17) is 4.74 Å². The Morgan fingerprint density at radius 2 is 1.95 bits per heavy atom. The molecule has 0 aliphatic carbocycles. The van der Waals surface area contributed by atoms with Crippen molar-refractivity contribution in [1.29, 1.82) is 0 Å². The molecule has 1 aromatic rings. The van der Waals surface area contributed by atoms with Crippen LogP contribution in [0.15, 0.2) is 18.2 Å². The van der Waals surface area contributed by atoms with Gasteiger partial charge in [0, 0.05) is 5.56 Å². The highest BCUT2D eigenvalue weighted by Gasteiger charge is 2.36. The van der Waals surface area contributed by atoms with E-state index in [1.54, 1.807) is 7.11 Å². The Bertz CT molecular complexity index is 448. The Kier molecular flexibility index (Phi) is 4.71. The van der Waals surface area contributed by atoms with Gasteiger partial charge in [0.2, 0.25) is 0 Å². The molecule has 2 N–H and O–H groups in total. The lowest BCUT2D eigenvalue weighted by molar-refractivity contribution is -0.0204. The monoisotopic (exact) mass is 277 g/mol. The molecule has 0 spiro atoms. The van der Waals surface area contributed by atoms with Crippen LogP contribution < -0.4 is 10.1 Å². The first-order chi connectivity index (χ1) is 9.46. The molecule has 3 heteroatoms. The van der Waals surface area contributed by atoms with E-state index in [0.29, 0.717) is 5.92 Å². The number of piperidine rings is 1. The van der Waals surface area contributed by atoms with Crippen LogP contribution in [0.5, 0.6) is 5.75 Å². The lowest BCUT2D eigenvalue weighted by Gasteiger charge is -2.37. The summed E-state index contributed by atoms with van der Waals surface area (Å²) in [6.07, 6.45) is 2.00. The van der Waals surface area contributed by atoms with Gasteiger partial charge >= 0.3 is 0 Å². The Morgan fingerprint density at radius 3 is 2.50 bits per heavy atom. The number of benzene rings is 1. The van der Waals surface area contributed by atoms with Crippen molar-refractivity contribution >= 4 is 0 Å². The molecule has 0 saturated carbocycles. The van der Waals surface area contributed by atoms with Gasteiger partial charge in [-0.2, -0.15) is 0 Å². The van der Waals surface area contributed by atoms with Crippen molar-refractivity contribution in [1.82, 2.24) is 5.32 Å². The zero-order valence-corrected chi connectivity index (χ0v) is 13.1. The summed E-state index contributed by atoms with van der Waals surface area (Å²) in [5.41, 5.74) is 1.34. The fourth-order valence-corrected chi connectivity index (χ4v) is 3.08. The third kappa shape index (κ3) is 2.99. The lowest BCUT2D eigenvalue weighted by Crippen LogP contribution is -2.40. The SMILES string of the molecule is COc1ccc(C(C)C)cc1C(C)(O)C1CCNCC1. The number of aliphatic hydroxyl groups is 1. The fourth-order valence-electron chi connectivity index (χ4n) is 3.08. The molecule has 0 bridgehead atoms. The minimum atomic E-state index is -0.835. The molecule has 1 aromatic carbocycles. The number of hydrogen-bond acceptors (Lipinski definition) is 3. The van der Waals surface area contributed by atoms with Crippen LogP contribution in [0.4, 0.5) is 0 Å². The minimum absolute atomic E-state index is 0.278. The average Bonchev–Trinajstić information content (AvgIpc) is 2.47. The van der Waals surface area contributed by atoms with Gasteiger partial charge in [0.15, 0.2) is 0 Å². The van der Waals surface area contributed by atoms with Crippen molar-refractivity contribution in [3.63, 3.8) is 0 Å². The van der Waals surface area contributed by atoms with Gasteiger partial charge in [-0.15, -0.1) is 0 Å². The van der Waals surface area contributed by atoms with E-state index in [1.807, 2.05) is 13.0 Å². The van der Waals surface area contributed by atoms with Crippen LogP contribution in [0.3, 0.4) is 0 Å². The van der Waals surface area contributed by atoms with E-state index in [-0.39, 0.29) is 5.92 Å². The van der Waals surface area contributed by atoms with Gasteiger partial charge in [-0.25, -0.2) is 0 Å². The van der Waals surface area contributed by atoms with Gasteiger partial charge in [-0.3, -0.25) is 0 Å². The Morgan fingerprint density at radius 1 is 1.30 bits per heavy atom. The zero-order chi connectivity index (χ0) is 14.8. The first kappa shape index (κ1) is 15.3. The van der Waals surface area contributed by atoms with Crippen molar-refractivity contribution in [3.8, 4) is 5.75 Å². The summed E-state index contributed by atoms with van der Waals surface area (Å²) in [4.78, 5) is 0. The molecule has 0 aromatic heterocycles. The first-order valence-corrected chi connectivity index (χ1v) is 7.58. The number of methoxy groups -OCH3 is 1. The predicted octanol–water partition coefficient (Wildman–Crippen LogP) is 3.03. The second-order valence-electron chi connectivity index (χ2n) is 6.29. The number of rotatable bonds is 4. The third-order valence-corrected chi connectivity index (χ3v) is 4.57. The van der Waals surface area contributed by atoms with Crippen LogP contribution in [0.2, 0.25) is 0 Å². The van der Waals surface area contributed by atoms with Gasteiger partial charge in [0.1, 0.15) is 5.75 Å². The Labute approximate surface area is 122 Å². The van der Waals surface area contributed by atoms with E-state index in [2.05, 4.69) is 31.3 Å². The molecule has 1 aliphatic heterocycles.